The van der Waals surface area contributed by atoms with Gasteiger partial charge >= 0.3 is 0 Å². The number of hydrogen-bond donors (Lipinski definition) is 1. The molecule has 2 atom stereocenters. The second kappa shape index (κ2) is 10.2. The van der Waals surface area contributed by atoms with Crippen molar-refractivity contribution in [2.24, 2.45) is 5.92 Å². The Kier molecular flexibility index (Phi) is 7.00. The Hall–Kier alpha value is -2.62. The minimum absolute atomic E-state index is 0.110. The van der Waals surface area contributed by atoms with Crippen LogP contribution in [0.1, 0.15) is 61.8 Å². The third-order valence-electron chi connectivity index (χ3n) is 8.21. The number of rotatable bonds is 7. The molecule has 0 aliphatic carbocycles. The Labute approximate surface area is 211 Å². The average molecular weight is 469 g/mol. The number of benzene rings is 3. The molecule has 0 amide bonds. The van der Waals surface area contributed by atoms with Crippen molar-refractivity contribution in [1.82, 2.24) is 10.2 Å². The predicted octanol–water partition coefficient (Wildman–Crippen LogP) is 6.38. The monoisotopic (exact) mass is 468 g/mol. The molecule has 3 aliphatic rings. The van der Waals surface area contributed by atoms with Gasteiger partial charge in [0.05, 0.1) is 7.11 Å². The molecule has 1 N–H and O–H groups in total. The van der Waals surface area contributed by atoms with Gasteiger partial charge in [-0.05, 0) is 60.0 Å². The Balaban J connectivity index is 1.46. The lowest BCUT2D eigenvalue weighted by Crippen LogP contribution is -2.64. The summed E-state index contributed by atoms with van der Waals surface area (Å²) < 4.78 is 5.85. The van der Waals surface area contributed by atoms with E-state index in [1.165, 1.54) is 48.2 Å². The Morgan fingerprint density at radius 3 is 2.03 bits per heavy atom. The molecule has 2 bridgehead atoms. The molecule has 3 aromatic rings. The highest BCUT2D eigenvalue weighted by Crippen LogP contribution is 2.42. The molecule has 0 saturated carbocycles. The van der Waals surface area contributed by atoms with Crippen molar-refractivity contribution in [3.63, 3.8) is 0 Å². The summed E-state index contributed by atoms with van der Waals surface area (Å²) in [5.41, 5.74) is 5.49. The lowest BCUT2D eigenvalue weighted by molar-refractivity contribution is 0.00462. The van der Waals surface area contributed by atoms with Crippen LogP contribution in [0.4, 0.5) is 0 Å². The van der Waals surface area contributed by atoms with Gasteiger partial charge < -0.3 is 10.1 Å². The van der Waals surface area contributed by atoms with Crippen molar-refractivity contribution < 1.29 is 4.74 Å². The van der Waals surface area contributed by atoms with E-state index in [4.69, 9.17) is 4.74 Å². The van der Waals surface area contributed by atoms with Crippen LogP contribution < -0.4 is 10.1 Å². The molecule has 0 radical (unpaired) electrons. The van der Waals surface area contributed by atoms with Crippen molar-refractivity contribution in [2.75, 3.05) is 20.2 Å². The second-order valence-electron chi connectivity index (χ2n) is 11.3. The standard InChI is InChI=1S/C32H40N2O/c1-32(2,3)27-16-15-26(28(21-27)35-4)22-33-30-25-17-19-34(20-18-25)31(30)29(23-11-7-5-8-12-23)24-13-9-6-10-14-24/h5-16,21,25,29-31,33H,17-20,22H2,1-4H3. The number of fused-ring (bicyclic) bond motifs is 3. The third kappa shape index (κ3) is 5.03. The number of piperidine rings is 3. The van der Waals surface area contributed by atoms with E-state index in [9.17, 15) is 0 Å². The lowest BCUT2D eigenvalue weighted by Gasteiger charge is -2.54. The number of ether oxygens (including phenoxy) is 1. The molecule has 2 unspecified atom stereocenters. The summed E-state index contributed by atoms with van der Waals surface area (Å²) in [4.78, 5) is 2.75. The first-order chi connectivity index (χ1) is 17.0. The number of methoxy groups -OCH3 is 1. The average Bonchev–Trinajstić information content (AvgIpc) is 2.89. The van der Waals surface area contributed by atoms with Gasteiger partial charge in [-0.1, -0.05) is 93.6 Å². The minimum Gasteiger partial charge on any atom is -0.496 e. The van der Waals surface area contributed by atoms with Crippen molar-refractivity contribution in [3.05, 3.63) is 101 Å². The van der Waals surface area contributed by atoms with Crippen molar-refractivity contribution in [2.45, 2.75) is 63.6 Å². The van der Waals surface area contributed by atoms with Crippen LogP contribution in [0, 0.1) is 5.92 Å². The first kappa shape index (κ1) is 24.1. The van der Waals surface area contributed by atoms with E-state index in [0.29, 0.717) is 23.9 Å². The molecular weight excluding hydrogens is 428 g/mol. The minimum atomic E-state index is 0.110. The van der Waals surface area contributed by atoms with Crippen LogP contribution in [0.3, 0.4) is 0 Å². The summed E-state index contributed by atoms with van der Waals surface area (Å²) in [6.45, 7) is 10.00. The molecule has 35 heavy (non-hydrogen) atoms. The second-order valence-corrected chi connectivity index (χ2v) is 11.3. The number of nitrogens with one attached hydrogen (secondary N) is 1. The zero-order valence-corrected chi connectivity index (χ0v) is 21.7. The molecule has 3 aliphatic heterocycles. The van der Waals surface area contributed by atoms with Crippen LogP contribution in [0.15, 0.2) is 78.9 Å². The maximum absolute atomic E-state index is 5.85. The number of hydrogen-bond acceptors (Lipinski definition) is 3. The van der Waals surface area contributed by atoms with Gasteiger partial charge in [0.25, 0.3) is 0 Å². The van der Waals surface area contributed by atoms with Crippen molar-refractivity contribution >= 4 is 0 Å². The van der Waals surface area contributed by atoms with Crippen molar-refractivity contribution in [3.8, 4) is 5.75 Å². The van der Waals surface area contributed by atoms with Crippen LogP contribution in [0.2, 0.25) is 0 Å². The highest BCUT2D eigenvalue weighted by molar-refractivity contribution is 5.40. The van der Waals surface area contributed by atoms with Crippen LogP contribution in [-0.4, -0.2) is 37.2 Å². The van der Waals surface area contributed by atoms with E-state index >= 15 is 0 Å². The van der Waals surface area contributed by atoms with Crippen LogP contribution in [-0.2, 0) is 12.0 Å². The largest absolute Gasteiger partial charge is 0.496 e. The maximum atomic E-state index is 5.85. The summed E-state index contributed by atoms with van der Waals surface area (Å²) in [6, 6.07) is 29.9. The quantitative estimate of drug-likeness (QED) is 0.436. The lowest BCUT2D eigenvalue weighted by atomic mass is 9.70. The van der Waals surface area contributed by atoms with Gasteiger partial charge in [0.15, 0.2) is 0 Å². The smallest absolute Gasteiger partial charge is 0.123 e. The number of nitrogens with zero attached hydrogens (tertiary/aromatic N) is 1. The molecule has 184 valence electrons. The fraction of sp³-hybridized carbons (Fsp3) is 0.438. The van der Waals surface area contributed by atoms with Crippen LogP contribution in [0.5, 0.6) is 5.75 Å². The zero-order valence-electron chi connectivity index (χ0n) is 21.7. The molecular formula is C32H40N2O. The van der Waals surface area contributed by atoms with Gasteiger partial charge in [0.1, 0.15) is 5.75 Å². The SMILES string of the molecule is COc1cc(C(C)(C)C)ccc1CNC1C2CCN(CC2)C1C(c1ccccc1)c1ccccc1. The maximum Gasteiger partial charge on any atom is 0.123 e. The highest BCUT2D eigenvalue weighted by atomic mass is 16.5. The van der Waals surface area contributed by atoms with Crippen molar-refractivity contribution in [1.29, 1.82) is 0 Å². The van der Waals surface area contributed by atoms with Gasteiger partial charge in [-0.2, -0.15) is 0 Å². The molecule has 3 saturated heterocycles. The third-order valence-corrected chi connectivity index (χ3v) is 8.21. The van der Waals surface area contributed by atoms with Gasteiger partial charge in [-0.25, -0.2) is 0 Å². The molecule has 3 aromatic carbocycles. The van der Waals surface area contributed by atoms with Gasteiger partial charge in [-0.3, -0.25) is 4.90 Å². The van der Waals surface area contributed by atoms with Crippen LogP contribution in [0.25, 0.3) is 0 Å². The predicted molar refractivity (Wildman–Crippen MR) is 145 cm³/mol. The topological polar surface area (TPSA) is 24.5 Å². The first-order valence-electron chi connectivity index (χ1n) is 13.2. The van der Waals surface area contributed by atoms with Gasteiger partial charge in [0, 0.05) is 30.1 Å². The fourth-order valence-corrected chi connectivity index (χ4v) is 6.28. The summed E-state index contributed by atoms with van der Waals surface area (Å²) >= 11 is 0. The summed E-state index contributed by atoms with van der Waals surface area (Å²) in [7, 11) is 1.79. The molecule has 3 heterocycles. The van der Waals surface area contributed by atoms with Gasteiger partial charge in [0.2, 0.25) is 0 Å². The normalized spacial score (nSPS) is 24.0. The van der Waals surface area contributed by atoms with Gasteiger partial charge in [-0.15, -0.1) is 0 Å². The van der Waals surface area contributed by atoms with E-state index in [1.807, 2.05) is 0 Å². The molecule has 6 rings (SSSR count). The van der Waals surface area contributed by atoms with E-state index in [1.54, 1.807) is 7.11 Å². The summed E-state index contributed by atoms with van der Waals surface area (Å²) in [5, 5.41) is 4.05. The Morgan fingerprint density at radius 2 is 1.49 bits per heavy atom. The molecule has 0 aromatic heterocycles. The Bertz CT molecular complexity index is 1060. The van der Waals surface area contributed by atoms with E-state index < -0.39 is 0 Å². The molecule has 3 heteroatoms. The van der Waals surface area contributed by atoms with E-state index in [2.05, 4.69) is 110 Å². The Morgan fingerprint density at radius 1 is 0.886 bits per heavy atom. The molecule has 3 nitrogen and oxygen atoms in total. The molecule has 3 fully saturated rings. The summed E-state index contributed by atoms with van der Waals surface area (Å²) in [6.07, 6.45) is 2.56. The first-order valence-corrected chi connectivity index (χ1v) is 13.2. The molecule has 0 spiro atoms. The zero-order chi connectivity index (χ0) is 24.4. The van der Waals surface area contributed by atoms with E-state index in [-0.39, 0.29) is 5.41 Å². The van der Waals surface area contributed by atoms with E-state index in [0.717, 1.165) is 12.3 Å². The fourth-order valence-electron chi connectivity index (χ4n) is 6.28. The highest BCUT2D eigenvalue weighted by Gasteiger charge is 2.46. The van der Waals surface area contributed by atoms with Crippen LogP contribution >= 0.6 is 0 Å². The summed E-state index contributed by atoms with van der Waals surface area (Å²) in [5.74, 6) is 2.05.